The van der Waals surface area contributed by atoms with Crippen LogP contribution < -0.4 is 5.73 Å². The maximum Gasteiger partial charge on any atom is 0.355 e. The van der Waals surface area contributed by atoms with Crippen molar-refractivity contribution in [2.75, 3.05) is 12.3 Å². The van der Waals surface area contributed by atoms with Crippen molar-refractivity contribution in [3.63, 3.8) is 0 Å². The molecule has 2 heterocycles. The quantitative estimate of drug-likeness (QED) is 0.542. The number of ether oxygens (including phenoxy) is 1. The molecule has 4 nitrogen and oxygen atoms in total. The number of hydrogen-bond donors (Lipinski definition) is 1. The number of nitrogen functional groups attached to an aromatic ring is 1. The fraction of sp³-hybridized carbons (Fsp3) is 0.286. The monoisotopic (exact) mass is 152 g/mol. The van der Waals surface area contributed by atoms with Crippen molar-refractivity contribution in [2.24, 2.45) is 0 Å². The van der Waals surface area contributed by atoms with E-state index < -0.39 is 0 Å². The number of nitrogens with zero attached hydrogens (tertiary/aromatic N) is 1. The van der Waals surface area contributed by atoms with Gasteiger partial charge in [0.05, 0.1) is 6.54 Å². The number of anilines is 1. The molecule has 2 N–H and O–H groups in total. The molecular formula is C7H8N2O2. The van der Waals surface area contributed by atoms with Crippen LogP contribution in [0.3, 0.4) is 0 Å². The molecule has 0 aliphatic carbocycles. The predicted octanol–water partition coefficient (Wildman–Crippen LogP) is 0.241. The summed E-state index contributed by atoms with van der Waals surface area (Å²) in [6.07, 6.45) is 0. The molecule has 0 fully saturated rings. The van der Waals surface area contributed by atoms with Crippen molar-refractivity contribution < 1.29 is 9.53 Å². The lowest BCUT2D eigenvalue weighted by atomic mass is 10.4. The molecule has 4 heteroatoms. The van der Waals surface area contributed by atoms with E-state index in [-0.39, 0.29) is 5.97 Å². The van der Waals surface area contributed by atoms with E-state index in [9.17, 15) is 4.79 Å². The average molecular weight is 152 g/mol. The Morgan fingerprint density at radius 1 is 1.55 bits per heavy atom. The van der Waals surface area contributed by atoms with Gasteiger partial charge in [0.1, 0.15) is 18.1 Å². The van der Waals surface area contributed by atoms with Crippen LogP contribution in [-0.2, 0) is 11.3 Å². The fourth-order valence-electron chi connectivity index (χ4n) is 1.21. The summed E-state index contributed by atoms with van der Waals surface area (Å²) in [5.74, 6) is 0.338. The van der Waals surface area contributed by atoms with E-state index in [4.69, 9.17) is 10.5 Å². The van der Waals surface area contributed by atoms with Gasteiger partial charge in [-0.05, 0) is 12.1 Å². The van der Waals surface area contributed by atoms with Gasteiger partial charge in [0, 0.05) is 0 Å². The highest BCUT2D eigenvalue weighted by Crippen LogP contribution is 2.15. The second-order valence-electron chi connectivity index (χ2n) is 2.43. The molecule has 0 bridgehead atoms. The number of cyclic esters (lactones) is 1. The highest BCUT2D eigenvalue weighted by molar-refractivity contribution is 5.89. The fourth-order valence-corrected chi connectivity index (χ4v) is 1.21. The average Bonchev–Trinajstić information content (AvgIpc) is 2.35. The smallest absolute Gasteiger partial charge is 0.355 e. The molecule has 58 valence electrons. The van der Waals surface area contributed by atoms with Gasteiger partial charge in [-0.2, -0.15) is 0 Å². The molecule has 11 heavy (non-hydrogen) atoms. The SMILES string of the molecule is Nc1ccc2n1CCOC2=O. The van der Waals surface area contributed by atoms with Crippen LogP contribution in [0.15, 0.2) is 12.1 Å². The number of carbonyl (C=O) groups is 1. The highest BCUT2D eigenvalue weighted by Gasteiger charge is 2.19. The van der Waals surface area contributed by atoms with Crippen molar-refractivity contribution in [2.45, 2.75) is 6.54 Å². The molecule has 0 amide bonds. The van der Waals surface area contributed by atoms with Gasteiger partial charge in [-0.1, -0.05) is 0 Å². The Morgan fingerprint density at radius 2 is 2.36 bits per heavy atom. The number of esters is 1. The molecule has 0 saturated carbocycles. The van der Waals surface area contributed by atoms with Gasteiger partial charge < -0.3 is 15.0 Å². The molecule has 2 rings (SSSR count). The zero-order valence-electron chi connectivity index (χ0n) is 5.91. The largest absolute Gasteiger partial charge is 0.459 e. The summed E-state index contributed by atoms with van der Waals surface area (Å²) in [5, 5.41) is 0. The van der Waals surface area contributed by atoms with Gasteiger partial charge in [0.15, 0.2) is 0 Å². The Morgan fingerprint density at radius 3 is 3.09 bits per heavy atom. The molecule has 0 aromatic carbocycles. The van der Waals surface area contributed by atoms with E-state index in [1.807, 2.05) is 0 Å². The number of rotatable bonds is 0. The minimum Gasteiger partial charge on any atom is -0.459 e. The third-order valence-corrected chi connectivity index (χ3v) is 1.77. The first-order valence-corrected chi connectivity index (χ1v) is 3.41. The van der Waals surface area contributed by atoms with Crippen LogP contribution >= 0.6 is 0 Å². The van der Waals surface area contributed by atoms with Gasteiger partial charge in [-0.25, -0.2) is 4.79 Å². The van der Waals surface area contributed by atoms with Crippen molar-refractivity contribution in [3.8, 4) is 0 Å². The van der Waals surface area contributed by atoms with Crippen LogP contribution in [0.4, 0.5) is 5.82 Å². The van der Waals surface area contributed by atoms with Gasteiger partial charge in [-0.3, -0.25) is 0 Å². The minimum absolute atomic E-state index is 0.284. The summed E-state index contributed by atoms with van der Waals surface area (Å²) in [5.41, 5.74) is 6.13. The maximum absolute atomic E-state index is 11.0. The Labute approximate surface area is 63.6 Å². The van der Waals surface area contributed by atoms with Crippen LogP contribution in [0.1, 0.15) is 10.5 Å². The topological polar surface area (TPSA) is 57.2 Å². The van der Waals surface area contributed by atoms with Gasteiger partial charge in [0.2, 0.25) is 0 Å². The lowest BCUT2D eigenvalue weighted by Gasteiger charge is -2.15. The van der Waals surface area contributed by atoms with Crippen molar-refractivity contribution in [3.05, 3.63) is 17.8 Å². The first-order valence-electron chi connectivity index (χ1n) is 3.41. The van der Waals surface area contributed by atoms with E-state index >= 15 is 0 Å². The van der Waals surface area contributed by atoms with Gasteiger partial charge in [-0.15, -0.1) is 0 Å². The Kier molecular flexibility index (Phi) is 1.15. The maximum atomic E-state index is 11.0. The van der Waals surface area contributed by atoms with Crippen molar-refractivity contribution in [1.29, 1.82) is 0 Å². The third kappa shape index (κ3) is 0.790. The van der Waals surface area contributed by atoms with Crippen LogP contribution in [-0.4, -0.2) is 17.1 Å². The molecule has 1 aromatic rings. The summed E-state index contributed by atoms with van der Waals surface area (Å²) in [4.78, 5) is 11.0. The summed E-state index contributed by atoms with van der Waals surface area (Å²) in [6, 6.07) is 3.39. The van der Waals surface area contributed by atoms with E-state index in [0.717, 1.165) is 0 Å². The zero-order valence-corrected chi connectivity index (χ0v) is 5.91. The van der Waals surface area contributed by atoms with E-state index in [1.165, 1.54) is 0 Å². The first-order chi connectivity index (χ1) is 5.29. The number of hydrogen-bond acceptors (Lipinski definition) is 3. The standard InChI is InChI=1S/C7H8N2O2/c8-6-2-1-5-7(10)11-4-3-9(5)6/h1-2H,3-4,8H2. The second-order valence-corrected chi connectivity index (χ2v) is 2.43. The summed E-state index contributed by atoms with van der Waals surface area (Å²) >= 11 is 0. The van der Waals surface area contributed by atoms with Crippen molar-refractivity contribution in [1.82, 2.24) is 4.57 Å². The molecule has 1 aliphatic heterocycles. The second kappa shape index (κ2) is 2.02. The third-order valence-electron chi connectivity index (χ3n) is 1.77. The van der Waals surface area contributed by atoms with Crippen molar-refractivity contribution >= 4 is 11.8 Å². The predicted molar refractivity (Wildman–Crippen MR) is 39.1 cm³/mol. The van der Waals surface area contributed by atoms with Crippen LogP contribution in [0.5, 0.6) is 0 Å². The summed E-state index contributed by atoms with van der Waals surface area (Å²) < 4.78 is 6.56. The summed E-state index contributed by atoms with van der Waals surface area (Å²) in [6.45, 7) is 1.09. The van der Waals surface area contributed by atoms with Gasteiger partial charge in [0.25, 0.3) is 0 Å². The molecule has 0 saturated heterocycles. The van der Waals surface area contributed by atoms with E-state index in [0.29, 0.717) is 24.7 Å². The normalized spacial score (nSPS) is 15.8. The van der Waals surface area contributed by atoms with Crippen LogP contribution in [0.2, 0.25) is 0 Å². The number of fused-ring (bicyclic) bond motifs is 1. The molecule has 0 radical (unpaired) electrons. The lowest BCUT2D eigenvalue weighted by molar-refractivity contribution is 0.0424. The zero-order chi connectivity index (χ0) is 7.84. The Bertz CT molecular complexity index is 303. The van der Waals surface area contributed by atoms with E-state index in [1.54, 1.807) is 16.7 Å². The molecule has 0 unspecified atom stereocenters. The number of nitrogens with two attached hydrogens (primary N) is 1. The highest BCUT2D eigenvalue weighted by atomic mass is 16.5. The molecule has 1 aromatic heterocycles. The Hall–Kier alpha value is -1.45. The van der Waals surface area contributed by atoms with Crippen LogP contribution in [0, 0.1) is 0 Å². The number of carbonyl (C=O) groups excluding carboxylic acids is 1. The Balaban J connectivity index is 2.55. The molecule has 0 spiro atoms. The number of aromatic nitrogens is 1. The molecular weight excluding hydrogens is 144 g/mol. The lowest BCUT2D eigenvalue weighted by Crippen LogP contribution is -2.23. The first kappa shape index (κ1) is 6.27. The summed E-state index contributed by atoms with van der Waals surface area (Å²) in [7, 11) is 0. The molecule has 0 atom stereocenters. The van der Waals surface area contributed by atoms with Crippen LogP contribution in [0.25, 0.3) is 0 Å². The van der Waals surface area contributed by atoms with E-state index in [2.05, 4.69) is 0 Å². The minimum atomic E-state index is -0.284. The van der Waals surface area contributed by atoms with Gasteiger partial charge >= 0.3 is 5.97 Å². The molecule has 1 aliphatic rings.